The highest BCUT2D eigenvalue weighted by molar-refractivity contribution is 9.09. The van der Waals surface area contributed by atoms with Crippen LogP contribution < -0.4 is 0 Å². The van der Waals surface area contributed by atoms with Gasteiger partial charge in [0.1, 0.15) is 0 Å². The van der Waals surface area contributed by atoms with Crippen LogP contribution in [0, 0.1) is 5.92 Å². The molecule has 0 unspecified atom stereocenters. The SMILES string of the molecule is C=C[C@H](CBr)CCCC. The smallest absolute Gasteiger partial charge is 0.00942 e. The Morgan fingerprint density at radius 2 is 2.33 bits per heavy atom. The summed E-state index contributed by atoms with van der Waals surface area (Å²) in [5, 5.41) is 1.07. The Balaban J connectivity index is 3.20. The monoisotopic (exact) mass is 190 g/mol. The summed E-state index contributed by atoms with van der Waals surface area (Å²) in [5.41, 5.74) is 0. The molecule has 54 valence electrons. The minimum atomic E-state index is 0.685. The molecule has 0 aromatic heterocycles. The quantitative estimate of drug-likeness (QED) is 0.461. The second-order valence-electron chi connectivity index (χ2n) is 2.29. The van der Waals surface area contributed by atoms with E-state index < -0.39 is 0 Å². The van der Waals surface area contributed by atoms with Gasteiger partial charge in [0.25, 0.3) is 0 Å². The molecule has 9 heavy (non-hydrogen) atoms. The van der Waals surface area contributed by atoms with Crippen molar-refractivity contribution >= 4 is 15.9 Å². The Labute approximate surface area is 66.5 Å². The Kier molecular flexibility index (Phi) is 6.50. The molecule has 0 heterocycles. The minimum Gasteiger partial charge on any atom is -0.103 e. The zero-order chi connectivity index (χ0) is 7.11. The molecule has 1 atom stereocenters. The molecule has 1 heteroatoms. The summed E-state index contributed by atoms with van der Waals surface area (Å²) in [6.07, 6.45) is 5.93. The summed E-state index contributed by atoms with van der Waals surface area (Å²) >= 11 is 3.43. The van der Waals surface area contributed by atoms with Crippen molar-refractivity contribution in [3.63, 3.8) is 0 Å². The third kappa shape index (κ3) is 4.71. The molecule has 0 nitrogen and oxygen atoms in total. The van der Waals surface area contributed by atoms with Gasteiger partial charge in [-0.3, -0.25) is 0 Å². The van der Waals surface area contributed by atoms with E-state index in [2.05, 4.69) is 29.4 Å². The van der Waals surface area contributed by atoms with E-state index in [4.69, 9.17) is 0 Å². The third-order valence-corrected chi connectivity index (χ3v) is 2.29. The molecule has 0 saturated heterocycles. The van der Waals surface area contributed by atoms with Gasteiger partial charge < -0.3 is 0 Å². The van der Waals surface area contributed by atoms with Crippen LogP contribution in [0.1, 0.15) is 26.2 Å². The lowest BCUT2D eigenvalue weighted by atomic mass is 10.1. The van der Waals surface area contributed by atoms with Crippen LogP contribution >= 0.6 is 15.9 Å². The van der Waals surface area contributed by atoms with Crippen LogP contribution in [0.2, 0.25) is 0 Å². The summed E-state index contributed by atoms with van der Waals surface area (Å²) in [6.45, 7) is 5.97. The fourth-order valence-corrected chi connectivity index (χ4v) is 1.31. The van der Waals surface area contributed by atoms with Gasteiger partial charge in [0.2, 0.25) is 0 Å². The Morgan fingerprint density at radius 1 is 1.67 bits per heavy atom. The molecule has 0 fully saturated rings. The van der Waals surface area contributed by atoms with Crippen molar-refractivity contribution < 1.29 is 0 Å². The average Bonchev–Trinajstić information content (AvgIpc) is 1.91. The first-order chi connectivity index (χ1) is 4.35. The van der Waals surface area contributed by atoms with Gasteiger partial charge in [0.15, 0.2) is 0 Å². The topological polar surface area (TPSA) is 0 Å². The Hall–Kier alpha value is 0.220. The van der Waals surface area contributed by atoms with Gasteiger partial charge >= 0.3 is 0 Å². The molecule has 0 aliphatic heterocycles. The zero-order valence-electron chi connectivity index (χ0n) is 6.07. The second kappa shape index (κ2) is 6.34. The summed E-state index contributed by atoms with van der Waals surface area (Å²) in [4.78, 5) is 0. The van der Waals surface area contributed by atoms with Crippen LogP contribution in [0.25, 0.3) is 0 Å². The summed E-state index contributed by atoms with van der Waals surface area (Å²) < 4.78 is 0. The molecule has 0 N–H and O–H groups in total. The number of rotatable bonds is 5. The Morgan fingerprint density at radius 3 is 2.67 bits per heavy atom. The predicted molar refractivity (Wildman–Crippen MR) is 47.0 cm³/mol. The van der Waals surface area contributed by atoms with Gasteiger partial charge in [-0.05, 0) is 12.3 Å². The molecule has 0 bridgehead atoms. The van der Waals surface area contributed by atoms with E-state index in [0.29, 0.717) is 5.92 Å². The van der Waals surface area contributed by atoms with Crippen LogP contribution in [0.15, 0.2) is 12.7 Å². The highest BCUT2D eigenvalue weighted by Gasteiger charge is 1.98. The van der Waals surface area contributed by atoms with Gasteiger partial charge in [-0.15, -0.1) is 6.58 Å². The highest BCUT2D eigenvalue weighted by Crippen LogP contribution is 2.11. The first kappa shape index (κ1) is 9.22. The highest BCUT2D eigenvalue weighted by atomic mass is 79.9. The standard InChI is InChI=1S/C8H15Br/c1-3-5-6-8(4-2)7-9/h4,8H,2-3,5-7H2,1H3/t8-/m0/s1. The maximum atomic E-state index is 3.75. The van der Waals surface area contributed by atoms with Gasteiger partial charge in [-0.25, -0.2) is 0 Å². The van der Waals surface area contributed by atoms with E-state index in [0.717, 1.165) is 5.33 Å². The van der Waals surface area contributed by atoms with Gasteiger partial charge in [-0.2, -0.15) is 0 Å². The summed E-state index contributed by atoms with van der Waals surface area (Å²) in [5.74, 6) is 0.685. The zero-order valence-corrected chi connectivity index (χ0v) is 7.65. The number of alkyl halides is 1. The van der Waals surface area contributed by atoms with E-state index in [1.54, 1.807) is 0 Å². The van der Waals surface area contributed by atoms with E-state index in [1.807, 2.05) is 6.08 Å². The molecule has 0 rings (SSSR count). The maximum absolute atomic E-state index is 3.75. The first-order valence-electron chi connectivity index (χ1n) is 3.53. The molecular formula is C8H15Br. The molecule has 0 aromatic rings. The predicted octanol–water partition coefficient (Wildman–Crippen LogP) is 3.37. The van der Waals surface area contributed by atoms with Crippen LogP contribution in [0.4, 0.5) is 0 Å². The van der Waals surface area contributed by atoms with Crippen LogP contribution in [0.3, 0.4) is 0 Å². The average molecular weight is 191 g/mol. The van der Waals surface area contributed by atoms with Gasteiger partial charge in [0, 0.05) is 5.33 Å². The molecule has 0 aromatic carbocycles. The number of unbranched alkanes of at least 4 members (excludes halogenated alkanes) is 1. The van der Waals surface area contributed by atoms with Crippen LogP contribution in [-0.4, -0.2) is 5.33 Å². The van der Waals surface area contributed by atoms with Crippen molar-refractivity contribution in [3.8, 4) is 0 Å². The van der Waals surface area contributed by atoms with E-state index in [1.165, 1.54) is 19.3 Å². The number of hydrogen-bond acceptors (Lipinski definition) is 0. The molecule has 0 aliphatic carbocycles. The fraction of sp³-hybridized carbons (Fsp3) is 0.750. The number of allylic oxidation sites excluding steroid dienone is 1. The molecule has 0 amide bonds. The van der Waals surface area contributed by atoms with Crippen molar-refractivity contribution in [1.82, 2.24) is 0 Å². The van der Waals surface area contributed by atoms with Crippen molar-refractivity contribution in [2.45, 2.75) is 26.2 Å². The Bertz CT molecular complexity index is 69.0. The van der Waals surface area contributed by atoms with Crippen molar-refractivity contribution in [1.29, 1.82) is 0 Å². The summed E-state index contributed by atoms with van der Waals surface area (Å²) in [6, 6.07) is 0. The van der Waals surface area contributed by atoms with Crippen LogP contribution in [-0.2, 0) is 0 Å². The number of hydrogen-bond donors (Lipinski definition) is 0. The largest absolute Gasteiger partial charge is 0.103 e. The van der Waals surface area contributed by atoms with E-state index >= 15 is 0 Å². The van der Waals surface area contributed by atoms with Crippen LogP contribution in [0.5, 0.6) is 0 Å². The molecular weight excluding hydrogens is 176 g/mol. The van der Waals surface area contributed by atoms with Crippen molar-refractivity contribution in [2.75, 3.05) is 5.33 Å². The second-order valence-corrected chi connectivity index (χ2v) is 2.94. The molecule has 0 saturated carbocycles. The molecule has 0 aliphatic rings. The lowest BCUT2D eigenvalue weighted by Gasteiger charge is -2.05. The number of halogens is 1. The lowest BCUT2D eigenvalue weighted by Crippen LogP contribution is -1.95. The first-order valence-corrected chi connectivity index (χ1v) is 4.65. The maximum Gasteiger partial charge on any atom is 0.00942 e. The third-order valence-electron chi connectivity index (χ3n) is 1.46. The van der Waals surface area contributed by atoms with Crippen molar-refractivity contribution in [3.05, 3.63) is 12.7 Å². The fourth-order valence-electron chi connectivity index (χ4n) is 0.724. The van der Waals surface area contributed by atoms with E-state index in [-0.39, 0.29) is 0 Å². The van der Waals surface area contributed by atoms with Gasteiger partial charge in [-0.1, -0.05) is 41.8 Å². The normalized spacial score (nSPS) is 13.1. The minimum absolute atomic E-state index is 0.685. The molecule has 0 radical (unpaired) electrons. The van der Waals surface area contributed by atoms with E-state index in [9.17, 15) is 0 Å². The van der Waals surface area contributed by atoms with Crippen molar-refractivity contribution in [2.24, 2.45) is 5.92 Å². The summed E-state index contributed by atoms with van der Waals surface area (Å²) in [7, 11) is 0. The molecule has 0 spiro atoms. The lowest BCUT2D eigenvalue weighted by molar-refractivity contribution is 0.609. The van der Waals surface area contributed by atoms with Gasteiger partial charge in [0.05, 0.1) is 0 Å².